The fraction of sp³-hybridized carbons (Fsp3) is 0. The highest BCUT2D eigenvalue weighted by molar-refractivity contribution is 9.10. The second kappa shape index (κ2) is 7.10. The molecule has 0 bridgehead atoms. The molecule has 0 radical (unpaired) electrons. The van der Waals surface area contributed by atoms with Crippen LogP contribution in [0.25, 0.3) is 39.2 Å². The fourth-order valence-electron chi connectivity index (χ4n) is 3.48. The zero-order chi connectivity index (χ0) is 18.9. The van der Waals surface area contributed by atoms with E-state index in [4.69, 9.17) is 4.98 Å². The lowest BCUT2D eigenvalue weighted by Crippen LogP contribution is -1.91. The van der Waals surface area contributed by atoms with E-state index in [1.807, 2.05) is 24.3 Å². The molecule has 2 aromatic heterocycles. The SMILES string of the molecule is Brc1ccc(-c2cc(-c3ccccc3)c3nc(-c4ccccc4)cn3c2)cc1. The summed E-state index contributed by atoms with van der Waals surface area (Å²) in [6.45, 7) is 0. The largest absolute Gasteiger partial charge is 0.305 e. The minimum Gasteiger partial charge on any atom is -0.305 e. The van der Waals surface area contributed by atoms with Crippen molar-refractivity contribution in [2.75, 3.05) is 0 Å². The molecule has 2 heterocycles. The van der Waals surface area contributed by atoms with Gasteiger partial charge in [-0.15, -0.1) is 0 Å². The van der Waals surface area contributed by atoms with Gasteiger partial charge in [-0.2, -0.15) is 0 Å². The van der Waals surface area contributed by atoms with E-state index >= 15 is 0 Å². The number of hydrogen-bond acceptors (Lipinski definition) is 1. The number of pyridine rings is 1. The van der Waals surface area contributed by atoms with Crippen LogP contribution in [-0.4, -0.2) is 9.38 Å². The van der Waals surface area contributed by atoms with Crippen molar-refractivity contribution >= 4 is 21.6 Å². The van der Waals surface area contributed by atoms with E-state index in [-0.39, 0.29) is 0 Å². The Morgan fingerprint density at radius 3 is 1.93 bits per heavy atom. The third-order valence-electron chi connectivity index (χ3n) is 4.88. The van der Waals surface area contributed by atoms with E-state index in [0.29, 0.717) is 0 Å². The van der Waals surface area contributed by atoms with Gasteiger partial charge in [-0.25, -0.2) is 4.98 Å². The van der Waals surface area contributed by atoms with E-state index in [0.717, 1.165) is 38.1 Å². The highest BCUT2D eigenvalue weighted by atomic mass is 79.9. The van der Waals surface area contributed by atoms with Crippen molar-refractivity contribution in [1.82, 2.24) is 9.38 Å². The Morgan fingerprint density at radius 2 is 1.25 bits per heavy atom. The normalized spacial score (nSPS) is 11.0. The number of benzene rings is 3. The minimum absolute atomic E-state index is 0.964. The highest BCUT2D eigenvalue weighted by Gasteiger charge is 2.12. The molecule has 134 valence electrons. The smallest absolute Gasteiger partial charge is 0.145 e. The predicted molar refractivity (Wildman–Crippen MR) is 119 cm³/mol. The first-order valence-corrected chi connectivity index (χ1v) is 9.97. The Labute approximate surface area is 172 Å². The molecule has 0 amide bonds. The van der Waals surface area contributed by atoms with Gasteiger partial charge >= 0.3 is 0 Å². The van der Waals surface area contributed by atoms with Crippen molar-refractivity contribution in [3.05, 3.63) is 108 Å². The molecule has 0 fully saturated rings. The first-order valence-electron chi connectivity index (χ1n) is 9.17. The molecule has 3 aromatic carbocycles. The number of nitrogens with zero attached hydrogens (tertiary/aromatic N) is 2. The third-order valence-corrected chi connectivity index (χ3v) is 5.41. The maximum atomic E-state index is 4.96. The standard InChI is InChI=1S/C25H17BrN2/c26-22-13-11-18(12-14-22)21-15-23(19-7-3-1-4-8-19)25-27-24(17-28(25)16-21)20-9-5-2-6-10-20/h1-17H. The Balaban J connectivity index is 1.76. The van der Waals surface area contributed by atoms with E-state index in [2.05, 4.69) is 99.5 Å². The molecule has 0 saturated carbocycles. The molecular formula is C25H17BrN2. The Hall–Kier alpha value is -3.17. The predicted octanol–water partition coefficient (Wildman–Crippen LogP) is 7.10. The zero-order valence-corrected chi connectivity index (χ0v) is 16.7. The van der Waals surface area contributed by atoms with Crippen molar-refractivity contribution < 1.29 is 0 Å². The molecule has 0 N–H and O–H groups in total. The Morgan fingerprint density at radius 1 is 0.607 bits per heavy atom. The summed E-state index contributed by atoms with van der Waals surface area (Å²) in [5, 5.41) is 0. The van der Waals surface area contributed by atoms with E-state index < -0.39 is 0 Å². The molecule has 0 atom stereocenters. The van der Waals surface area contributed by atoms with Crippen LogP contribution in [-0.2, 0) is 0 Å². The quantitative estimate of drug-likeness (QED) is 0.301. The van der Waals surface area contributed by atoms with Gasteiger partial charge in [0.1, 0.15) is 5.65 Å². The van der Waals surface area contributed by atoms with Crippen LogP contribution in [0.3, 0.4) is 0 Å². The molecule has 0 unspecified atom stereocenters. The summed E-state index contributed by atoms with van der Waals surface area (Å²) < 4.78 is 3.22. The zero-order valence-electron chi connectivity index (χ0n) is 15.1. The monoisotopic (exact) mass is 424 g/mol. The molecule has 5 rings (SSSR count). The van der Waals surface area contributed by atoms with Gasteiger partial charge in [0.25, 0.3) is 0 Å². The summed E-state index contributed by atoms with van der Waals surface area (Å²) in [6.07, 6.45) is 4.27. The molecule has 0 spiro atoms. The van der Waals surface area contributed by atoms with Gasteiger partial charge in [0.2, 0.25) is 0 Å². The van der Waals surface area contributed by atoms with Gasteiger partial charge in [-0.3, -0.25) is 0 Å². The first-order chi connectivity index (χ1) is 13.8. The summed E-state index contributed by atoms with van der Waals surface area (Å²) in [5.74, 6) is 0. The molecule has 3 heteroatoms. The van der Waals surface area contributed by atoms with Gasteiger partial charge in [0, 0.05) is 28.0 Å². The molecule has 0 aliphatic rings. The van der Waals surface area contributed by atoms with Gasteiger partial charge in [0.15, 0.2) is 0 Å². The average Bonchev–Trinajstić information content (AvgIpc) is 3.19. The number of rotatable bonds is 3. The van der Waals surface area contributed by atoms with Crippen molar-refractivity contribution in [1.29, 1.82) is 0 Å². The van der Waals surface area contributed by atoms with Gasteiger partial charge < -0.3 is 4.40 Å². The van der Waals surface area contributed by atoms with E-state index in [9.17, 15) is 0 Å². The van der Waals surface area contributed by atoms with Gasteiger partial charge in [-0.1, -0.05) is 88.7 Å². The summed E-state index contributed by atoms with van der Waals surface area (Å²) in [4.78, 5) is 4.96. The summed E-state index contributed by atoms with van der Waals surface area (Å²) in [5.41, 5.74) is 7.69. The van der Waals surface area contributed by atoms with E-state index in [1.54, 1.807) is 0 Å². The number of imidazole rings is 1. The fourth-order valence-corrected chi connectivity index (χ4v) is 3.74. The van der Waals surface area contributed by atoms with Crippen LogP contribution in [0.1, 0.15) is 0 Å². The number of fused-ring (bicyclic) bond motifs is 1. The Bertz CT molecular complexity index is 1240. The van der Waals surface area contributed by atoms with Crippen LogP contribution in [0.15, 0.2) is 108 Å². The summed E-state index contributed by atoms with van der Waals surface area (Å²) in [7, 11) is 0. The molecule has 2 nitrogen and oxygen atoms in total. The first kappa shape index (κ1) is 17.0. The lowest BCUT2D eigenvalue weighted by atomic mass is 10.0. The van der Waals surface area contributed by atoms with Crippen molar-refractivity contribution in [3.8, 4) is 33.5 Å². The second-order valence-corrected chi connectivity index (χ2v) is 7.65. The maximum Gasteiger partial charge on any atom is 0.145 e. The van der Waals surface area contributed by atoms with Crippen molar-refractivity contribution in [3.63, 3.8) is 0 Å². The number of hydrogen-bond donors (Lipinski definition) is 0. The number of halogens is 1. The van der Waals surface area contributed by atoms with Gasteiger partial charge in [0.05, 0.1) is 5.69 Å². The summed E-state index contributed by atoms with van der Waals surface area (Å²) >= 11 is 3.52. The Kier molecular flexibility index (Phi) is 4.30. The molecule has 5 aromatic rings. The molecular weight excluding hydrogens is 408 g/mol. The lowest BCUT2D eigenvalue weighted by molar-refractivity contribution is 1.19. The number of aromatic nitrogens is 2. The van der Waals surface area contributed by atoms with Crippen molar-refractivity contribution in [2.24, 2.45) is 0 Å². The third kappa shape index (κ3) is 3.14. The van der Waals surface area contributed by atoms with Crippen LogP contribution >= 0.6 is 15.9 Å². The van der Waals surface area contributed by atoms with Crippen LogP contribution < -0.4 is 0 Å². The van der Waals surface area contributed by atoms with Crippen LogP contribution in [0, 0.1) is 0 Å². The van der Waals surface area contributed by atoms with Crippen molar-refractivity contribution in [2.45, 2.75) is 0 Å². The van der Waals surface area contributed by atoms with E-state index in [1.165, 1.54) is 5.56 Å². The minimum atomic E-state index is 0.964. The maximum absolute atomic E-state index is 4.96. The molecule has 0 aliphatic carbocycles. The second-order valence-electron chi connectivity index (χ2n) is 6.74. The van der Waals surface area contributed by atoms with Crippen LogP contribution in [0.5, 0.6) is 0 Å². The average molecular weight is 425 g/mol. The van der Waals surface area contributed by atoms with Gasteiger partial charge in [-0.05, 0) is 34.9 Å². The molecule has 0 aliphatic heterocycles. The van der Waals surface area contributed by atoms with Crippen LogP contribution in [0.4, 0.5) is 0 Å². The topological polar surface area (TPSA) is 17.3 Å². The lowest BCUT2D eigenvalue weighted by Gasteiger charge is -2.09. The summed E-state index contributed by atoms with van der Waals surface area (Å²) in [6, 6.07) is 31.4. The molecule has 0 saturated heterocycles. The van der Waals surface area contributed by atoms with Crippen LogP contribution in [0.2, 0.25) is 0 Å². The molecule has 28 heavy (non-hydrogen) atoms. The highest BCUT2D eigenvalue weighted by Crippen LogP contribution is 2.32.